The van der Waals surface area contributed by atoms with Gasteiger partial charge in [-0.15, -0.1) is 0 Å². The van der Waals surface area contributed by atoms with Crippen molar-refractivity contribution in [3.63, 3.8) is 0 Å². The Morgan fingerprint density at radius 3 is 2.81 bits per heavy atom. The smallest absolute Gasteiger partial charge is 0.297 e. The Morgan fingerprint density at radius 1 is 1.08 bits per heavy atom. The van der Waals surface area contributed by atoms with E-state index in [1.165, 1.54) is 6.07 Å². The quantitative estimate of drug-likeness (QED) is 0.537. The predicted molar refractivity (Wildman–Crippen MR) is 99.3 cm³/mol. The molecule has 1 aliphatic rings. The fourth-order valence-electron chi connectivity index (χ4n) is 3.56. The first-order chi connectivity index (χ1) is 12.6. The molecule has 3 heterocycles. The molecule has 0 saturated heterocycles. The minimum Gasteiger partial charge on any atom is -0.461 e. The summed E-state index contributed by atoms with van der Waals surface area (Å²) in [7, 11) is 3.81. The van der Waals surface area contributed by atoms with Crippen LogP contribution in [0.2, 0.25) is 0 Å². The van der Waals surface area contributed by atoms with Crippen molar-refractivity contribution in [2.24, 2.45) is 0 Å². The minimum atomic E-state index is -0.238. The number of nitrogens with zero attached hydrogens (tertiary/aromatic N) is 3. The second kappa shape index (κ2) is 5.49. The number of fused-ring (bicyclic) bond motifs is 4. The van der Waals surface area contributed by atoms with E-state index in [0.717, 1.165) is 52.0 Å². The van der Waals surface area contributed by atoms with Crippen LogP contribution >= 0.6 is 0 Å². The Morgan fingerprint density at radius 2 is 1.96 bits per heavy atom. The van der Waals surface area contributed by atoms with E-state index < -0.39 is 0 Å². The standard InChI is InChI=1S/C20H18FN3O2/c1-23(2)20-22-16-5-4-13(10-19(16)26-20)24-8-7-18-15(11-24)14-9-12(21)3-6-17(14)25-18/h3-6,9-10H,7-8,11H2,1-2H3. The molecule has 0 amide bonds. The van der Waals surface area contributed by atoms with Crippen LogP contribution in [0.1, 0.15) is 11.3 Å². The van der Waals surface area contributed by atoms with Gasteiger partial charge in [0.05, 0.1) is 0 Å². The van der Waals surface area contributed by atoms with Gasteiger partial charge < -0.3 is 18.6 Å². The first-order valence-corrected chi connectivity index (χ1v) is 8.61. The first-order valence-electron chi connectivity index (χ1n) is 8.61. The largest absolute Gasteiger partial charge is 0.461 e. The molecule has 6 heteroatoms. The first kappa shape index (κ1) is 15.3. The number of aromatic nitrogens is 1. The Kier molecular flexibility index (Phi) is 3.22. The molecular formula is C20H18FN3O2. The molecule has 132 valence electrons. The summed E-state index contributed by atoms with van der Waals surface area (Å²) in [6.45, 7) is 1.53. The fraction of sp³-hybridized carbons (Fsp3) is 0.250. The average molecular weight is 351 g/mol. The van der Waals surface area contributed by atoms with Crippen LogP contribution in [0.15, 0.2) is 45.2 Å². The van der Waals surface area contributed by atoms with Crippen LogP contribution in [0.25, 0.3) is 22.1 Å². The fourth-order valence-corrected chi connectivity index (χ4v) is 3.56. The van der Waals surface area contributed by atoms with Crippen LogP contribution in [0.4, 0.5) is 16.1 Å². The number of benzene rings is 2. The summed E-state index contributed by atoms with van der Waals surface area (Å²) in [5.74, 6) is 0.718. The normalized spacial score (nSPS) is 14.2. The number of furan rings is 1. The van der Waals surface area contributed by atoms with Crippen molar-refractivity contribution in [2.75, 3.05) is 30.4 Å². The topological polar surface area (TPSA) is 45.7 Å². The van der Waals surface area contributed by atoms with Crippen LogP contribution in [-0.2, 0) is 13.0 Å². The summed E-state index contributed by atoms with van der Waals surface area (Å²) in [5, 5.41) is 0.861. The van der Waals surface area contributed by atoms with Crippen LogP contribution in [0.5, 0.6) is 0 Å². The third-order valence-corrected chi connectivity index (χ3v) is 4.90. The molecule has 0 saturated carbocycles. The molecule has 0 atom stereocenters. The lowest BCUT2D eigenvalue weighted by molar-refractivity contribution is 0.520. The van der Waals surface area contributed by atoms with E-state index in [0.29, 0.717) is 12.6 Å². The Bertz CT molecular complexity index is 1130. The number of oxazole rings is 1. The highest BCUT2D eigenvalue weighted by Crippen LogP contribution is 2.34. The molecule has 2 aromatic heterocycles. The highest BCUT2D eigenvalue weighted by molar-refractivity contribution is 5.84. The van der Waals surface area contributed by atoms with Crippen LogP contribution < -0.4 is 9.80 Å². The van der Waals surface area contributed by atoms with E-state index in [9.17, 15) is 4.39 Å². The number of hydrogen-bond acceptors (Lipinski definition) is 5. The highest BCUT2D eigenvalue weighted by atomic mass is 19.1. The Balaban J connectivity index is 1.53. The van der Waals surface area contributed by atoms with Gasteiger partial charge in [-0.2, -0.15) is 4.98 Å². The number of halogens is 1. The van der Waals surface area contributed by atoms with Gasteiger partial charge in [-0.3, -0.25) is 0 Å². The summed E-state index contributed by atoms with van der Waals surface area (Å²) in [6.07, 6.45) is 0.795. The summed E-state index contributed by atoms with van der Waals surface area (Å²) in [4.78, 5) is 8.57. The van der Waals surface area contributed by atoms with Crippen LogP contribution in [-0.4, -0.2) is 25.6 Å². The maximum atomic E-state index is 13.7. The lowest BCUT2D eigenvalue weighted by Gasteiger charge is -2.28. The van der Waals surface area contributed by atoms with Crippen molar-refractivity contribution in [3.05, 3.63) is 53.5 Å². The van der Waals surface area contributed by atoms with Gasteiger partial charge in [0.15, 0.2) is 5.58 Å². The summed E-state index contributed by atoms with van der Waals surface area (Å²) in [5.41, 5.74) is 4.48. The zero-order chi connectivity index (χ0) is 17.8. The lowest BCUT2D eigenvalue weighted by atomic mass is 10.0. The SMILES string of the molecule is CN(C)c1nc2ccc(N3CCc4oc5ccc(F)cc5c4C3)cc2o1. The number of hydrogen-bond donors (Lipinski definition) is 0. The van der Waals surface area contributed by atoms with E-state index in [2.05, 4.69) is 16.0 Å². The summed E-state index contributed by atoms with van der Waals surface area (Å²) in [6, 6.07) is 11.3. The highest BCUT2D eigenvalue weighted by Gasteiger charge is 2.23. The van der Waals surface area contributed by atoms with Crippen molar-refractivity contribution >= 4 is 33.8 Å². The predicted octanol–water partition coefficient (Wildman–Crippen LogP) is 4.34. The van der Waals surface area contributed by atoms with Crippen molar-refractivity contribution in [2.45, 2.75) is 13.0 Å². The van der Waals surface area contributed by atoms with Crippen molar-refractivity contribution in [1.29, 1.82) is 0 Å². The van der Waals surface area contributed by atoms with Crippen molar-refractivity contribution in [1.82, 2.24) is 4.98 Å². The third-order valence-electron chi connectivity index (χ3n) is 4.90. The molecule has 2 aromatic carbocycles. The molecule has 0 spiro atoms. The van der Waals surface area contributed by atoms with Crippen molar-refractivity contribution < 1.29 is 13.2 Å². The lowest BCUT2D eigenvalue weighted by Crippen LogP contribution is -2.29. The van der Waals surface area contributed by atoms with Crippen LogP contribution in [0.3, 0.4) is 0 Å². The van der Waals surface area contributed by atoms with Gasteiger partial charge in [0.25, 0.3) is 6.01 Å². The third kappa shape index (κ3) is 2.33. The van der Waals surface area contributed by atoms with E-state index in [1.54, 1.807) is 12.1 Å². The molecule has 1 aliphatic heterocycles. The second-order valence-corrected chi connectivity index (χ2v) is 6.86. The molecule has 0 radical (unpaired) electrons. The van der Waals surface area contributed by atoms with Gasteiger partial charge >= 0.3 is 0 Å². The zero-order valence-corrected chi connectivity index (χ0v) is 14.6. The zero-order valence-electron chi connectivity index (χ0n) is 14.6. The Hall–Kier alpha value is -3.02. The molecule has 0 bridgehead atoms. The van der Waals surface area contributed by atoms with Gasteiger partial charge in [0, 0.05) is 56.3 Å². The molecule has 0 aliphatic carbocycles. The molecule has 0 N–H and O–H groups in total. The van der Waals surface area contributed by atoms with Gasteiger partial charge in [-0.25, -0.2) is 4.39 Å². The molecule has 26 heavy (non-hydrogen) atoms. The summed E-state index contributed by atoms with van der Waals surface area (Å²) < 4.78 is 25.4. The molecule has 0 unspecified atom stereocenters. The number of anilines is 2. The maximum Gasteiger partial charge on any atom is 0.297 e. The monoisotopic (exact) mass is 351 g/mol. The van der Waals surface area contributed by atoms with E-state index in [1.807, 2.05) is 31.1 Å². The van der Waals surface area contributed by atoms with Gasteiger partial charge in [0.2, 0.25) is 0 Å². The van der Waals surface area contributed by atoms with E-state index in [-0.39, 0.29) is 5.82 Å². The molecular weight excluding hydrogens is 333 g/mol. The molecule has 0 fully saturated rings. The molecule has 4 aromatic rings. The maximum absolute atomic E-state index is 13.7. The average Bonchev–Trinajstić information content (AvgIpc) is 3.21. The Labute approximate surface area is 149 Å². The van der Waals surface area contributed by atoms with Gasteiger partial charge in [0.1, 0.15) is 22.7 Å². The van der Waals surface area contributed by atoms with Gasteiger partial charge in [-0.1, -0.05) is 0 Å². The number of rotatable bonds is 2. The van der Waals surface area contributed by atoms with E-state index in [4.69, 9.17) is 8.83 Å². The molecule has 5 nitrogen and oxygen atoms in total. The minimum absolute atomic E-state index is 0.238. The summed E-state index contributed by atoms with van der Waals surface area (Å²) >= 11 is 0. The van der Waals surface area contributed by atoms with Crippen LogP contribution in [0, 0.1) is 5.82 Å². The van der Waals surface area contributed by atoms with Crippen molar-refractivity contribution in [3.8, 4) is 0 Å². The van der Waals surface area contributed by atoms with E-state index >= 15 is 0 Å². The van der Waals surface area contributed by atoms with Gasteiger partial charge in [-0.05, 0) is 30.3 Å². The molecule has 5 rings (SSSR count). The second-order valence-electron chi connectivity index (χ2n) is 6.86.